The topological polar surface area (TPSA) is 29.3 Å². The van der Waals surface area contributed by atoms with Gasteiger partial charge in [-0.1, -0.05) is 28.9 Å². The first kappa shape index (κ1) is 13.5. The number of nitrogens with two attached hydrogens (primary N) is 1. The summed E-state index contributed by atoms with van der Waals surface area (Å²) >= 11 is 3.52. The van der Waals surface area contributed by atoms with Gasteiger partial charge in [-0.15, -0.1) is 0 Å². The Balaban J connectivity index is 3.13. The molecule has 1 aromatic carbocycles. The van der Waals surface area contributed by atoms with E-state index in [1.165, 1.54) is 11.3 Å². The van der Waals surface area contributed by atoms with E-state index in [2.05, 4.69) is 53.9 Å². The van der Waals surface area contributed by atoms with Crippen molar-refractivity contribution in [2.75, 3.05) is 11.9 Å². The molecule has 2 nitrogen and oxygen atoms in total. The molecule has 2 unspecified atom stereocenters. The van der Waals surface area contributed by atoms with Gasteiger partial charge in [0, 0.05) is 29.3 Å². The number of rotatable bonds is 4. The SMILES string of the molecule is CCC(C)N(C)c1cc(Br)ccc1C(C)N. The molecule has 0 radical (unpaired) electrons. The number of hydrogen-bond acceptors (Lipinski definition) is 2. The molecule has 0 aliphatic carbocycles. The van der Waals surface area contributed by atoms with Crippen LogP contribution in [-0.2, 0) is 0 Å². The highest BCUT2D eigenvalue weighted by molar-refractivity contribution is 9.10. The Bertz CT molecular complexity index is 350. The lowest BCUT2D eigenvalue weighted by Gasteiger charge is -2.29. The highest BCUT2D eigenvalue weighted by Gasteiger charge is 2.14. The molecular formula is C13H21BrN2. The Kier molecular flexibility index (Phi) is 4.81. The van der Waals surface area contributed by atoms with Crippen LogP contribution in [0.2, 0.25) is 0 Å². The largest absolute Gasteiger partial charge is 0.372 e. The van der Waals surface area contributed by atoms with Crippen molar-refractivity contribution in [3.05, 3.63) is 28.2 Å². The summed E-state index contributed by atoms with van der Waals surface area (Å²) in [6.07, 6.45) is 1.13. The van der Waals surface area contributed by atoms with E-state index in [0.717, 1.165) is 10.9 Å². The number of halogens is 1. The summed E-state index contributed by atoms with van der Waals surface area (Å²) in [6.45, 7) is 6.45. The van der Waals surface area contributed by atoms with Gasteiger partial charge in [-0.2, -0.15) is 0 Å². The van der Waals surface area contributed by atoms with E-state index >= 15 is 0 Å². The van der Waals surface area contributed by atoms with Crippen LogP contribution in [0.25, 0.3) is 0 Å². The maximum Gasteiger partial charge on any atom is 0.0425 e. The second-order valence-electron chi connectivity index (χ2n) is 4.36. The Morgan fingerprint density at radius 3 is 2.50 bits per heavy atom. The van der Waals surface area contributed by atoms with Gasteiger partial charge in [0.25, 0.3) is 0 Å². The minimum absolute atomic E-state index is 0.0645. The third-order valence-electron chi connectivity index (χ3n) is 3.12. The van der Waals surface area contributed by atoms with Crippen LogP contribution >= 0.6 is 15.9 Å². The fourth-order valence-corrected chi connectivity index (χ4v) is 2.07. The highest BCUT2D eigenvalue weighted by atomic mass is 79.9. The molecule has 0 bridgehead atoms. The first-order valence-electron chi connectivity index (χ1n) is 5.75. The maximum atomic E-state index is 6.00. The summed E-state index contributed by atoms with van der Waals surface area (Å²) in [4.78, 5) is 2.30. The lowest BCUT2D eigenvalue weighted by Crippen LogP contribution is -2.29. The molecule has 0 amide bonds. The van der Waals surface area contributed by atoms with E-state index in [4.69, 9.17) is 5.73 Å². The van der Waals surface area contributed by atoms with Gasteiger partial charge < -0.3 is 10.6 Å². The van der Waals surface area contributed by atoms with Crippen molar-refractivity contribution in [2.24, 2.45) is 5.73 Å². The summed E-state index contributed by atoms with van der Waals surface area (Å²) in [6, 6.07) is 6.88. The molecule has 0 fully saturated rings. The molecule has 1 aromatic rings. The van der Waals surface area contributed by atoms with Crippen molar-refractivity contribution in [2.45, 2.75) is 39.3 Å². The van der Waals surface area contributed by atoms with Crippen molar-refractivity contribution in [1.29, 1.82) is 0 Å². The molecule has 2 N–H and O–H groups in total. The molecule has 0 spiro atoms. The molecule has 16 heavy (non-hydrogen) atoms. The third-order valence-corrected chi connectivity index (χ3v) is 3.61. The number of hydrogen-bond donors (Lipinski definition) is 1. The zero-order valence-electron chi connectivity index (χ0n) is 10.5. The van der Waals surface area contributed by atoms with Crippen molar-refractivity contribution >= 4 is 21.6 Å². The highest BCUT2D eigenvalue weighted by Crippen LogP contribution is 2.29. The number of anilines is 1. The van der Waals surface area contributed by atoms with Gasteiger partial charge in [-0.05, 0) is 38.0 Å². The summed E-state index contributed by atoms with van der Waals surface area (Å²) in [7, 11) is 2.13. The zero-order chi connectivity index (χ0) is 12.3. The standard InChI is InChI=1S/C13H21BrN2/c1-5-9(2)16(4)13-8-11(14)6-7-12(13)10(3)15/h6-10H,5,15H2,1-4H3. The van der Waals surface area contributed by atoms with Crippen molar-refractivity contribution in [3.63, 3.8) is 0 Å². The van der Waals surface area contributed by atoms with E-state index in [0.29, 0.717) is 6.04 Å². The van der Waals surface area contributed by atoms with E-state index in [1.807, 2.05) is 13.0 Å². The van der Waals surface area contributed by atoms with E-state index < -0.39 is 0 Å². The minimum atomic E-state index is 0.0645. The first-order chi connectivity index (χ1) is 7.47. The fraction of sp³-hybridized carbons (Fsp3) is 0.538. The third kappa shape index (κ3) is 2.98. The summed E-state index contributed by atoms with van der Waals surface area (Å²) in [5, 5.41) is 0. The van der Waals surface area contributed by atoms with Crippen LogP contribution in [0.1, 0.15) is 38.8 Å². The van der Waals surface area contributed by atoms with Gasteiger partial charge in [-0.3, -0.25) is 0 Å². The molecule has 0 heterocycles. The number of nitrogens with zero attached hydrogens (tertiary/aromatic N) is 1. The van der Waals surface area contributed by atoms with E-state index in [9.17, 15) is 0 Å². The van der Waals surface area contributed by atoms with Crippen molar-refractivity contribution in [3.8, 4) is 0 Å². The van der Waals surface area contributed by atoms with Gasteiger partial charge in [0.15, 0.2) is 0 Å². The van der Waals surface area contributed by atoms with Crippen LogP contribution in [-0.4, -0.2) is 13.1 Å². The Morgan fingerprint density at radius 1 is 1.38 bits per heavy atom. The molecule has 0 saturated carbocycles. The Morgan fingerprint density at radius 2 is 2.00 bits per heavy atom. The average Bonchev–Trinajstić information content (AvgIpc) is 2.26. The van der Waals surface area contributed by atoms with Crippen molar-refractivity contribution < 1.29 is 0 Å². The molecular weight excluding hydrogens is 264 g/mol. The smallest absolute Gasteiger partial charge is 0.0425 e. The zero-order valence-corrected chi connectivity index (χ0v) is 12.1. The average molecular weight is 285 g/mol. The molecule has 2 atom stereocenters. The monoisotopic (exact) mass is 284 g/mol. The summed E-state index contributed by atoms with van der Waals surface area (Å²) < 4.78 is 1.10. The Labute approximate surface area is 107 Å². The van der Waals surface area contributed by atoms with Crippen LogP contribution in [0.5, 0.6) is 0 Å². The van der Waals surface area contributed by atoms with Crippen LogP contribution in [0.15, 0.2) is 22.7 Å². The van der Waals surface area contributed by atoms with Gasteiger partial charge in [0.1, 0.15) is 0 Å². The predicted octanol–water partition coefficient (Wildman–Crippen LogP) is 3.70. The van der Waals surface area contributed by atoms with E-state index in [-0.39, 0.29) is 6.04 Å². The Hall–Kier alpha value is -0.540. The lowest BCUT2D eigenvalue weighted by atomic mass is 10.0. The normalized spacial score (nSPS) is 14.6. The molecule has 1 rings (SSSR count). The second kappa shape index (κ2) is 5.69. The maximum absolute atomic E-state index is 6.00. The number of benzene rings is 1. The van der Waals surface area contributed by atoms with Gasteiger partial charge in [0.2, 0.25) is 0 Å². The van der Waals surface area contributed by atoms with Crippen LogP contribution < -0.4 is 10.6 Å². The first-order valence-corrected chi connectivity index (χ1v) is 6.54. The van der Waals surface area contributed by atoms with Crippen LogP contribution in [0, 0.1) is 0 Å². The summed E-state index contributed by atoms with van der Waals surface area (Å²) in [5.74, 6) is 0. The predicted molar refractivity (Wildman–Crippen MR) is 74.9 cm³/mol. The fourth-order valence-electron chi connectivity index (χ4n) is 1.72. The molecule has 0 aliphatic heterocycles. The van der Waals surface area contributed by atoms with Crippen molar-refractivity contribution in [1.82, 2.24) is 0 Å². The van der Waals surface area contributed by atoms with Gasteiger partial charge in [0.05, 0.1) is 0 Å². The van der Waals surface area contributed by atoms with Gasteiger partial charge in [-0.25, -0.2) is 0 Å². The molecule has 0 saturated heterocycles. The quantitative estimate of drug-likeness (QED) is 0.914. The molecule has 3 heteroatoms. The molecule has 90 valence electrons. The van der Waals surface area contributed by atoms with E-state index in [1.54, 1.807) is 0 Å². The van der Waals surface area contributed by atoms with Crippen LogP contribution in [0.3, 0.4) is 0 Å². The van der Waals surface area contributed by atoms with Gasteiger partial charge >= 0.3 is 0 Å². The second-order valence-corrected chi connectivity index (χ2v) is 5.28. The molecule has 0 aliphatic rings. The minimum Gasteiger partial charge on any atom is -0.372 e. The lowest BCUT2D eigenvalue weighted by molar-refractivity contribution is 0.657. The van der Waals surface area contributed by atoms with Crippen LogP contribution in [0.4, 0.5) is 5.69 Å². The molecule has 0 aromatic heterocycles. The summed E-state index contributed by atoms with van der Waals surface area (Å²) in [5.41, 5.74) is 8.42.